The second-order valence-electron chi connectivity index (χ2n) is 5.55. The van der Waals surface area contributed by atoms with Gasteiger partial charge in [-0.2, -0.15) is 8.78 Å². The number of halogens is 2. The second kappa shape index (κ2) is 6.85. The van der Waals surface area contributed by atoms with Crippen LogP contribution in [-0.4, -0.2) is 18.1 Å². The van der Waals surface area contributed by atoms with E-state index in [1.165, 1.54) is 12.1 Å². The smallest absolute Gasteiger partial charge is 0.387 e. The maximum atomic E-state index is 12.1. The summed E-state index contributed by atoms with van der Waals surface area (Å²) in [6.45, 7) is -2.88. The zero-order valence-corrected chi connectivity index (χ0v) is 11.8. The minimum Gasteiger partial charge on any atom is -0.435 e. The minimum absolute atomic E-state index is 0.0166. The summed E-state index contributed by atoms with van der Waals surface area (Å²) in [6.07, 6.45) is 5.17. The number of anilines is 1. The van der Waals surface area contributed by atoms with E-state index in [2.05, 4.69) is 10.1 Å². The molecule has 0 spiro atoms. The van der Waals surface area contributed by atoms with Crippen molar-refractivity contribution in [3.8, 4) is 5.75 Å². The predicted molar refractivity (Wildman–Crippen MR) is 76.3 cm³/mol. The van der Waals surface area contributed by atoms with Crippen LogP contribution in [0.3, 0.4) is 0 Å². The first-order chi connectivity index (χ1) is 9.97. The number of carbonyl (C=O) groups is 1. The van der Waals surface area contributed by atoms with Crippen LogP contribution in [0.25, 0.3) is 0 Å². The third-order valence-corrected chi connectivity index (χ3v) is 3.70. The van der Waals surface area contributed by atoms with Crippen molar-refractivity contribution in [1.29, 1.82) is 0 Å². The molecule has 1 aromatic carbocycles. The van der Waals surface area contributed by atoms with Gasteiger partial charge in [0.2, 0.25) is 5.91 Å². The van der Waals surface area contributed by atoms with Crippen molar-refractivity contribution < 1.29 is 18.3 Å². The fourth-order valence-corrected chi connectivity index (χ4v) is 2.71. The summed E-state index contributed by atoms with van der Waals surface area (Å²) in [5.74, 6) is -0.184. The van der Waals surface area contributed by atoms with Crippen molar-refractivity contribution in [3.05, 3.63) is 24.3 Å². The molecule has 4 nitrogen and oxygen atoms in total. The molecular formula is C15H20F2N2O2. The van der Waals surface area contributed by atoms with Gasteiger partial charge in [0.05, 0.1) is 0 Å². The van der Waals surface area contributed by atoms with Gasteiger partial charge in [-0.05, 0) is 25.0 Å². The Morgan fingerprint density at radius 3 is 2.71 bits per heavy atom. The Morgan fingerprint density at radius 2 is 2.05 bits per heavy atom. The van der Waals surface area contributed by atoms with Crippen LogP contribution < -0.4 is 15.8 Å². The van der Waals surface area contributed by atoms with Gasteiger partial charge in [0.25, 0.3) is 0 Å². The van der Waals surface area contributed by atoms with Crippen molar-refractivity contribution in [1.82, 2.24) is 0 Å². The second-order valence-corrected chi connectivity index (χ2v) is 5.55. The maximum absolute atomic E-state index is 12.1. The molecule has 1 aromatic rings. The fraction of sp³-hybridized carbons (Fsp3) is 0.533. The average molecular weight is 298 g/mol. The number of rotatable bonds is 5. The molecule has 1 amide bonds. The molecule has 1 aliphatic carbocycles. The molecule has 21 heavy (non-hydrogen) atoms. The van der Waals surface area contributed by atoms with Crippen molar-refractivity contribution in [2.45, 2.75) is 50.7 Å². The molecule has 3 N–H and O–H groups in total. The first-order valence-electron chi connectivity index (χ1n) is 7.10. The standard InChI is InChI=1S/C15H20F2N2O2/c16-14(17)21-12-6-4-5-11(9-12)19-13(20)10-15(18)7-2-1-3-8-15/h4-6,9,14H,1-3,7-8,10,18H2,(H,19,20). The van der Waals surface area contributed by atoms with Crippen LogP contribution in [0.4, 0.5) is 14.5 Å². The van der Waals surface area contributed by atoms with Crippen LogP contribution in [0.15, 0.2) is 24.3 Å². The lowest BCUT2D eigenvalue weighted by molar-refractivity contribution is -0.117. The summed E-state index contributed by atoms with van der Waals surface area (Å²) in [5.41, 5.74) is 6.21. The molecule has 0 radical (unpaired) electrons. The van der Waals surface area contributed by atoms with Gasteiger partial charge in [-0.25, -0.2) is 0 Å². The number of alkyl halides is 2. The zero-order chi connectivity index (χ0) is 15.3. The summed E-state index contributed by atoms with van der Waals surface area (Å²) >= 11 is 0. The number of ether oxygens (including phenoxy) is 1. The maximum Gasteiger partial charge on any atom is 0.387 e. The molecule has 0 saturated heterocycles. The molecule has 1 saturated carbocycles. The first-order valence-corrected chi connectivity index (χ1v) is 7.10. The van der Waals surface area contributed by atoms with Crippen LogP contribution in [0.1, 0.15) is 38.5 Å². The van der Waals surface area contributed by atoms with E-state index in [0.29, 0.717) is 5.69 Å². The van der Waals surface area contributed by atoms with E-state index >= 15 is 0 Å². The van der Waals surface area contributed by atoms with Gasteiger partial charge in [-0.3, -0.25) is 4.79 Å². The normalized spacial score (nSPS) is 17.5. The minimum atomic E-state index is -2.88. The molecule has 0 unspecified atom stereocenters. The van der Waals surface area contributed by atoms with Crippen molar-refractivity contribution in [2.75, 3.05) is 5.32 Å². The molecule has 116 valence electrons. The molecule has 0 heterocycles. The topological polar surface area (TPSA) is 64.4 Å². The van der Waals surface area contributed by atoms with Gasteiger partial charge in [0.15, 0.2) is 0 Å². The van der Waals surface area contributed by atoms with Gasteiger partial charge in [0, 0.05) is 23.7 Å². The molecule has 0 atom stereocenters. The fourth-order valence-electron chi connectivity index (χ4n) is 2.71. The Labute approximate surface area is 122 Å². The Hall–Kier alpha value is -1.69. The summed E-state index contributed by atoms with van der Waals surface area (Å²) < 4.78 is 28.6. The van der Waals surface area contributed by atoms with E-state index in [1.807, 2.05) is 0 Å². The van der Waals surface area contributed by atoms with E-state index in [0.717, 1.165) is 32.1 Å². The summed E-state index contributed by atoms with van der Waals surface area (Å²) in [5, 5.41) is 2.68. The molecule has 2 rings (SSSR count). The predicted octanol–water partition coefficient (Wildman–Crippen LogP) is 3.28. The van der Waals surface area contributed by atoms with Crippen LogP contribution in [0.5, 0.6) is 5.75 Å². The van der Waals surface area contributed by atoms with E-state index < -0.39 is 12.2 Å². The molecule has 1 fully saturated rings. The lowest BCUT2D eigenvalue weighted by Gasteiger charge is -2.32. The Morgan fingerprint density at radius 1 is 1.33 bits per heavy atom. The van der Waals surface area contributed by atoms with Crippen molar-refractivity contribution >= 4 is 11.6 Å². The van der Waals surface area contributed by atoms with Gasteiger partial charge >= 0.3 is 6.61 Å². The van der Waals surface area contributed by atoms with Crippen LogP contribution in [0, 0.1) is 0 Å². The highest BCUT2D eigenvalue weighted by molar-refractivity contribution is 5.91. The first kappa shape index (κ1) is 15.7. The number of amides is 1. The average Bonchev–Trinajstić information content (AvgIpc) is 2.38. The quantitative estimate of drug-likeness (QED) is 0.876. The van der Waals surface area contributed by atoms with Crippen molar-refractivity contribution in [3.63, 3.8) is 0 Å². The van der Waals surface area contributed by atoms with E-state index in [1.54, 1.807) is 12.1 Å². The highest BCUT2D eigenvalue weighted by Gasteiger charge is 2.29. The Kier molecular flexibility index (Phi) is 5.12. The van der Waals surface area contributed by atoms with E-state index in [4.69, 9.17) is 5.73 Å². The van der Waals surface area contributed by atoms with Crippen molar-refractivity contribution in [2.24, 2.45) is 5.73 Å². The SMILES string of the molecule is NC1(CC(=O)Nc2cccc(OC(F)F)c2)CCCCC1. The summed E-state index contributed by atoms with van der Waals surface area (Å²) in [6, 6.07) is 5.95. The van der Waals surface area contributed by atoms with Gasteiger partial charge < -0.3 is 15.8 Å². The number of nitrogens with one attached hydrogen (secondary N) is 1. The highest BCUT2D eigenvalue weighted by atomic mass is 19.3. The van der Waals surface area contributed by atoms with E-state index in [9.17, 15) is 13.6 Å². The van der Waals surface area contributed by atoms with Gasteiger partial charge in [-0.1, -0.05) is 25.3 Å². The largest absolute Gasteiger partial charge is 0.435 e. The number of benzene rings is 1. The Balaban J connectivity index is 1.93. The lowest BCUT2D eigenvalue weighted by atomic mass is 9.80. The molecule has 6 heteroatoms. The number of carbonyl (C=O) groups excluding carboxylic acids is 1. The number of hydrogen-bond acceptors (Lipinski definition) is 3. The van der Waals surface area contributed by atoms with Crippen LogP contribution in [-0.2, 0) is 4.79 Å². The number of nitrogens with two attached hydrogens (primary N) is 1. The molecule has 1 aliphatic rings. The van der Waals surface area contributed by atoms with E-state index in [-0.39, 0.29) is 18.1 Å². The lowest BCUT2D eigenvalue weighted by Crippen LogP contribution is -2.44. The third-order valence-electron chi connectivity index (χ3n) is 3.70. The Bertz CT molecular complexity index is 488. The monoisotopic (exact) mass is 298 g/mol. The van der Waals surface area contributed by atoms with Gasteiger partial charge in [-0.15, -0.1) is 0 Å². The third kappa shape index (κ3) is 4.97. The molecule has 0 aromatic heterocycles. The van der Waals surface area contributed by atoms with Gasteiger partial charge in [0.1, 0.15) is 5.75 Å². The molecule has 0 aliphatic heterocycles. The van der Waals surface area contributed by atoms with Crippen LogP contribution >= 0.6 is 0 Å². The zero-order valence-electron chi connectivity index (χ0n) is 11.8. The highest BCUT2D eigenvalue weighted by Crippen LogP contribution is 2.29. The number of hydrogen-bond donors (Lipinski definition) is 2. The molecule has 0 bridgehead atoms. The summed E-state index contributed by atoms with van der Waals surface area (Å²) in [7, 11) is 0. The molecular weight excluding hydrogens is 278 g/mol. The van der Waals surface area contributed by atoms with Crippen LogP contribution in [0.2, 0.25) is 0 Å². The summed E-state index contributed by atoms with van der Waals surface area (Å²) in [4.78, 5) is 12.0.